The van der Waals surface area contributed by atoms with Crippen molar-refractivity contribution in [2.24, 2.45) is 0 Å². The minimum Gasteiger partial charge on any atom is -1.00 e. The third-order valence-electron chi connectivity index (χ3n) is 6.33. The van der Waals surface area contributed by atoms with Crippen molar-refractivity contribution in [3.63, 3.8) is 0 Å². The molecule has 0 radical (unpaired) electrons. The van der Waals surface area contributed by atoms with Crippen LogP contribution in [-0.2, 0) is 19.1 Å². The summed E-state index contributed by atoms with van der Waals surface area (Å²) in [5.41, 5.74) is -1.07. The summed E-state index contributed by atoms with van der Waals surface area (Å²) in [4.78, 5) is 24.5. The Labute approximate surface area is 256 Å². The van der Waals surface area contributed by atoms with Gasteiger partial charge in [-0.05, 0) is 53.4 Å². The van der Waals surface area contributed by atoms with Crippen molar-refractivity contribution >= 4 is 11.9 Å². The summed E-state index contributed by atoms with van der Waals surface area (Å²) in [5, 5.41) is 0. The molecule has 0 bridgehead atoms. The van der Waals surface area contributed by atoms with E-state index in [0.717, 1.165) is 25.7 Å². The Bertz CT molecular complexity index is 465. The van der Waals surface area contributed by atoms with E-state index in [9.17, 15) is 9.59 Å². The maximum Gasteiger partial charge on any atom is 1.00 e. The Kier molecular flexibility index (Phi) is 24.6. The average molecular weight is 509 g/mol. The molecule has 0 N–H and O–H groups in total. The number of carbonyl (C=O) groups excluding carboxylic acids is 2. The topological polar surface area (TPSA) is 52.6 Å². The van der Waals surface area contributed by atoms with E-state index in [4.69, 9.17) is 9.47 Å². The number of esters is 2. The van der Waals surface area contributed by atoms with Crippen molar-refractivity contribution in [3.8, 4) is 0 Å². The Balaban J connectivity index is -0.00000512. The first-order valence-corrected chi connectivity index (χ1v) is 14.1. The molecule has 0 rings (SSSR count). The van der Waals surface area contributed by atoms with Gasteiger partial charge in [0.05, 0.1) is 0 Å². The van der Waals surface area contributed by atoms with Crippen LogP contribution in [0.4, 0.5) is 0 Å². The zero-order chi connectivity index (χ0) is 25.0. The minimum atomic E-state index is -0.535. The van der Waals surface area contributed by atoms with Crippen LogP contribution in [0.25, 0.3) is 0 Å². The second kappa shape index (κ2) is 22.7. The molecule has 0 aliphatic carbocycles. The molecule has 0 unspecified atom stereocenters. The summed E-state index contributed by atoms with van der Waals surface area (Å²) in [5.74, 6) is -0.958. The maximum atomic E-state index is 12.3. The molecule has 198 valence electrons. The molecule has 5 heteroatoms. The fourth-order valence-corrected chi connectivity index (χ4v) is 4.28. The molecule has 0 fully saturated rings. The van der Waals surface area contributed by atoms with Crippen LogP contribution in [-0.4, -0.2) is 23.1 Å². The van der Waals surface area contributed by atoms with Crippen LogP contribution in [0, 0.1) is 0 Å². The van der Waals surface area contributed by atoms with E-state index in [1.54, 1.807) is 0 Å². The molecule has 0 aromatic heterocycles. The van der Waals surface area contributed by atoms with Gasteiger partial charge in [-0.15, -0.1) is 0 Å². The SMILES string of the molecule is CCCCCCCCCCC(C)(C)OC(=O)CC(=O)OC(C)(C)CCCCCCCCCC.[H-].[K+]. The summed E-state index contributed by atoms with van der Waals surface area (Å²) in [6.45, 7) is 12.2. The van der Waals surface area contributed by atoms with E-state index in [2.05, 4.69) is 13.8 Å². The molecule has 0 aliphatic heterocycles. The fraction of sp³-hybridized carbons (Fsp3) is 0.931. The second-order valence-corrected chi connectivity index (χ2v) is 11.1. The van der Waals surface area contributed by atoms with Crippen molar-refractivity contribution in [2.45, 2.75) is 175 Å². The Morgan fingerprint density at radius 3 is 1.09 bits per heavy atom. The molecule has 0 atom stereocenters. The molecule has 0 aliphatic rings. The van der Waals surface area contributed by atoms with Crippen LogP contribution in [0.15, 0.2) is 0 Å². The summed E-state index contributed by atoms with van der Waals surface area (Å²) in [6, 6.07) is 0. The van der Waals surface area contributed by atoms with Crippen molar-refractivity contribution in [1.29, 1.82) is 0 Å². The third-order valence-corrected chi connectivity index (χ3v) is 6.33. The standard InChI is InChI=1S/C29H56O4.K.H/c1-7-9-11-13-15-17-19-21-23-28(3,4)32-26(30)25-27(31)33-29(5,6)24-22-20-18-16-14-12-10-8-2;;/h7-25H2,1-6H3;;/q;+1;-1. The van der Waals surface area contributed by atoms with E-state index >= 15 is 0 Å². The summed E-state index contributed by atoms with van der Waals surface area (Å²) in [6.07, 6.45) is 21.4. The summed E-state index contributed by atoms with van der Waals surface area (Å²) >= 11 is 0. The zero-order valence-corrected chi connectivity index (χ0v) is 27.2. The van der Waals surface area contributed by atoms with E-state index in [0.29, 0.717) is 0 Å². The third kappa shape index (κ3) is 24.3. The van der Waals surface area contributed by atoms with Gasteiger partial charge in [-0.3, -0.25) is 9.59 Å². The van der Waals surface area contributed by atoms with Gasteiger partial charge in [0, 0.05) is 0 Å². The first-order valence-electron chi connectivity index (χ1n) is 14.1. The van der Waals surface area contributed by atoms with Gasteiger partial charge >= 0.3 is 63.3 Å². The van der Waals surface area contributed by atoms with Gasteiger partial charge in [0.15, 0.2) is 0 Å². The van der Waals surface area contributed by atoms with Gasteiger partial charge in [-0.1, -0.05) is 104 Å². The molecular formula is C29H57KO4. The fourth-order valence-electron chi connectivity index (χ4n) is 4.28. The quantitative estimate of drug-likeness (QED) is 0.0756. The number of hydrogen-bond donors (Lipinski definition) is 0. The number of hydrogen-bond acceptors (Lipinski definition) is 4. The van der Waals surface area contributed by atoms with Crippen molar-refractivity contribution in [1.82, 2.24) is 0 Å². The Morgan fingerprint density at radius 1 is 0.529 bits per heavy atom. The van der Waals surface area contributed by atoms with Crippen molar-refractivity contribution in [3.05, 3.63) is 0 Å². The van der Waals surface area contributed by atoms with Crippen molar-refractivity contribution in [2.75, 3.05) is 0 Å². The van der Waals surface area contributed by atoms with Crippen LogP contribution >= 0.6 is 0 Å². The molecule has 0 saturated heterocycles. The molecule has 0 heterocycles. The zero-order valence-electron chi connectivity index (χ0n) is 25.1. The Hall–Kier alpha value is 0.576. The van der Waals surface area contributed by atoms with Gasteiger partial charge in [0.2, 0.25) is 0 Å². The summed E-state index contributed by atoms with van der Waals surface area (Å²) in [7, 11) is 0. The van der Waals surface area contributed by atoms with Gasteiger partial charge < -0.3 is 10.9 Å². The van der Waals surface area contributed by atoms with E-state index in [1.165, 1.54) is 89.9 Å². The van der Waals surface area contributed by atoms with Crippen LogP contribution < -0.4 is 51.4 Å². The van der Waals surface area contributed by atoms with Crippen LogP contribution in [0.1, 0.15) is 165 Å². The Morgan fingerprint density at radius 2 is 0.794 bits per heavy atom. The van der Waals surface area contributed by atoms with E-state index in [-0.39, 0.29) is 59.2 Å². The molecule has 0 amide bonds. The number of ether oxygens (including phenoxy) is 2. The van der Waals surface area contributed by atoms with Crippen LogP contribution in [0.2, 0.25) is 0 Å². The minimum absolute atomic E-state index is 0. The normalized spacial score (nSPS) is 11.7. The predicted molar refractivity (Wildman–Crippen MR) is 141 cm³/mol. The largest absolute Gasteiger partial charge is 1.00 e. The first kappa shape index (κ1) is 36.7. The number of rotatable bonds is 22. The smallest absolute Gasteiger partial charge is 1.00 e. The molecule has 0 spiro atoms. The van der Waals surface area contributed by atoms with Crippen LogP contribution in [0.5, 0.6) is 0 Å². The monoisotopic (exact) mass is 508 g/mol. The van der Waals surface area contributed by atoms with E-state index < -0.39 is 23.1 Å². The molecule has 0 aromatic carbocycles. The summed E-state index contributed by atoms with van der Waals surface area (Å²) < 4.78 is 11.2. The molecule has 0 saturated carbocycles. The number of unbranched alkanes of at least 4 members (excludes halogenated alkanes) is 14. The average Bonchev–Trinajstić information content (AvgIpc) is 2.70. The van der Waals surface area contributed by atoms with Crippen molar-refractivity contribution < 1.29 is 71.9 Å². The van der Waals surface area contributed by atoms with Gasteiger partial charge in [-0.2, -0.15) is 0 Å². The molecular weight excluding hydrogens is 451 g/mol. The van der Waals surface area contributed by atoms with Gasteiger partial charge in [0.1, 0.15) is 17.6 Å². The van der Waals surface area contributed by atoms with Crippen LogP contribution in [0.3, 0.4) is 0 Å². The second-order valence-electron chi connectivity index (χ2n) is 11.1. The van der Waals surface area contributed by atoms with Gasteiger partial charge in [0.25, 0.3) is 0 Å². The number of carbonyl (C=O) groups is 2. The molecule has 34 heavy (non-hydrogen) atoms. The maximum absolute atomic E-state index is 12.3. The van der Waals surface area contributed by atoms with Gasteiger partial charge in [-0.25, -0.2) is 0 Å². The molecule has 0 aromatic rings. The predicted octanol–water partition coefficient (Wildman–Crippen LogP) is 6.20. The van der Waals surface area contributed by atoms with E-state index in [1.807, 2.05) is 27.7 Å². The first-order chi connectivity index (χ1) is 15.6. The molecule has 4 nitrogen and oxygen atoms in total.